The number of hydrogen-bond donors (Lipinski definition) is 0. The summed E-state index contributed by atoms with van der Waals surface area (Å²) in [6.07, 6.45) is 1.72. The number of rotatable bonds is 3. The van der Waals surface area contributed by atoms with Gasteiger partial charge in [0.15, 0.2) is 0 Å². The van der Waals surface area contributed by atoms with E-state index < -0.39 is 6.61 Å². The van der Waals surface area contributed by atoms with Crippen molar-refractivity contribution in [2.75, 3.05) is 0 Å². The maximum absolute atomic E-state index is 12.1. The van der Waals surface area contributed by atoms with Crippen molar-refractivity contribution in [3.8, 4) is 17.0 Å². The topological polar surface area (TPSA) is 22.1 Å². The number of fused-ring (bicyclic) bond motifs is 1. The molecule has 21 heavy (non-hydrogen) atoms. The van der Waals surface area contributed by atoms with E-state index >= 15 is 0 Å². The largest absolute Gasteiger partial charge is 0.483 e. The quantitative estimate of drug-likeness (QED) is 0.542. The molecule has 0 aliphatic rings. The first-order chi connectivity index (χ1) is 9.74. The van der Waals surface area contributed by atoms with Crippen molar-refractivity contribution in [2.45, 2.75) is 6.61 Å². The summed E-state index contributed by atoms with van der Waals surface area (Å²) in [5, 5.41) is 2.06. The van der Waals surface area contributed by atoms with E-state index in [1.165, 1.54) is 12.1 Å². The standard InChI is InChI=1S/C16H10F2NO.Ir/c17-16(18)20-13-7-5-12(6-8-13)15-14-4-2-1-3-11(14)9-10-19-15;/h1-5,7-10,16H;/q-1;. The summed E-state index contributed by atoms with van der Waals surface area (Å²) in [7, 11) is 0. The molecule has 109 valence electrons. The molecule has 2 aromatic carbocycles. The maximum Gasteiger partial charge on any atom is 0.379 e. The fourth-order valence-electron chi connectivity index (χ4n) is 2.07. The first-order valence-corrected chi connectivity index (χ1v) is 6.05. The van der Waals surface area contributed by atoms with Crippen molar-refractivity contribution >= 4 is 10.8 Å². The molecule has 2 nitrogen and oxygen atoms in total. The molecule has 0 bridgehead atoms. The molecule has 0 saturated carbocycles. The third kappa shape index (κ3) is 3.43. The fourth-order valence-corrected chi connectivity index (χ4v) is 2.07. The van der Waals surface area contributed by atoms with Crippen molar-refractivity contribution in [2.24, 2.45) is 0 Å². The van der Waals surface area contributed by atoms with Gasteiger partial charge in [0.1, 0.15) is 0 Å². The molecule has 0 spiro atoms. The Morgan fingerprint density at radius 2 is 1.86 bits per heavy atom. The first kappa shape index (κ1) is 15.5. The zero-order valence-electron chi connectivity index (χ0n) is 10.7. The Balaban J connectivity index is 0.00000161. The minimum absolute atomic E-state index is 0. The average molecular weight is 462 g/mol. The van der Waals surface area contributed by atoms with Crippen LogP contribution in [0.15, 0.2) is 54.7 Å². The van der Waals surface area contributed by atoms with Gasteiger partial charge in [-0.25, -0.2) is 0 Å². The smallest absolute Gasteiger partial charge is 0.379 e. The van der Waals surface area contributed by atoms with Crippen LogP contribution in [0.4, 0.5) is 8.78 Å². The third-order valence-electron chi connectivity index (χ3n) is 2.94. The molecule has 0 unspecified atom stereocenters. The number of nitrogens with zero attached hydrogens (tertiary/aromatic N) is 1. The number of halogens is 2. The summed E-state index contributed by atoms with van der Waals surface area (Å²) in [5.74, 6) is 0.0870. The average Bonchev–Trinajstić information content (AvgIpc) is 2.47. The van der Waals surface area contributed by atoms with E-state index in [0.29, 0.717) is 0 Å². The Kier molecular flexibility index (Phi) is 4.99. The van der Waals surface area contributed by atoms with E-state index in [1.807, 2.05) is 30.3 Å². The Hall–Kier alpha value is -1.84. The van der Waals surface area contributed by atoms with Crippen molar-refractivity contribution in [1.29, 1.82) is 0 Å². The summed E-state index contributed by atoms with van der Waals surface area (Å²) < 4.78 is 28.5. The molecule has 3 aromatic rings. The van der Waals surface area contributed by atoms with Crippen molar-refractivity contribution in [3.63, 3.8) is 0 Å². The Morgan fingerprint density at radius 3 is 2.57 bits per heavy atom. The van der Waals surface area contributed by atoms with Crippen molar-refractivity contribution < 1.29 is 33.6 Å². The van der Waals surface area contributed by atoms with Gasteiger partial charge in [-0.2, -0.15) is 8.78 Å². The summed E-state index contributed by atoms with van der Waals surface area (Å²) >= 11 is 0. The van der Waals surface area contributed by atoms with Crippen LogP contribution in [0.3, 0.4) is 0 Å². The maximum atomic E-state index is 12.1. The second-order valence-electron chi connectivity index (χ2n) is 4.20. The van der Waals surface area contributed by atoms with Crippen molar-refractivity contribution in [3.05, 3.63) is 60.8 Å². The summed E-state index contributed by atoms with van der Waals surface area (Å²) in [5.41, 5.74) is 1.51. The second kappa shape index (κ2) is 6.74. The van der Waals surface area contributed by atoms with Crippen LogP contribution in [0, 0.1) is 6.07 Å². The molecule has 1 radical (unpaired) electrons. The first-order valence-electron chi connectivity index (χ1n) is 6.05. The SMILES string of the molecule is FC(F)Oc1c[c-]c(-c2nccc3ccccc23)cc1.[Ir]. The van der Waals surface area contributed by atoms with Gasteiger partial charge in [-0.1, -0.05) is 24.3 Å². The van der Waals surface area contributed by atoms with E-state index in [1.54, 1.807) is 12.3 Å². The predicted octanol–water partition coefficient (Wildman–Crippen LogP) is 4.30. The molecule has 0 amide bonds. The fraction of sp³-hybridized carbons (Fsp3) is 0.0625. The van der Waals surface area contributed by atoms with Crippen molar-refractivity contribution in [1.82, 2.24) is 4.98 Å². The van der Waals surface area contributed by atoms with E-state index in [9.17, 15) is 8.78 Å². The minimum Gasteiger partial charge on any atom is -0.483 e. The Bertz CT molecular complexity index is 726. The number of alkyl halides is 2. The van der Waals surface area contributed by atoms with Crippen LogP contribution in [0.25, 0.3) is 22.0 Å². The van der Waals surface area contributed by atoms with Gasteiger partial charge in [0, 0.05) is 32.1 Å². The van der Waals surface area contributed by atoms with Crippen LogP contribution < -0.4 is 4.74 Å². The Morgan fingerprint density at radius 1 is 1.05 bits per heavy atom. The zero-order chi connectivity index (χ0) is 13.9. The molecule has 5 heteroatoms. The summed E-state index contributed by atoms with van der Waals surface area (Å²) in [4.78, 5) is 4.35. The number of aromatic nitrogens is 1. The molecule has 0 saturated heterocycles. The molecule has 0 fully saturated rings. The number of benzene rings is 2. The molecule has 0 aliphatic heterocycles. The van der Waals surface area contributed by atoms with Crippen LogP contribution in [0.1, 0.15) is 0 Å². The van der Waals surface area contributed by atoms with Gasteiger partial charge in [-0.15, -0.1) is 29.8 Å². The number of pyridine rings is 1. The van der Waals surface area contributed by atoms with Crippen LogP contribution in [-0.4, -0.2) is 11.6 Å². The molecule has 0 aliphatic carbocycles. The van der Waals surface area contributed by atoms with E-state index in [4.69, 9.17) is 0 Å². The molecular weight excluding hydrogens is 452 g/mol. The molecule has 1 aromatic heterocycles. The van der Waals surface area contributed by atoms with Crippen LogP contribution >= 0.6 is 0 Å². The zero-order valence-corrected chi connectivity index (χ0v) is 13.1. The van der Waals surface area contributed by atoms with Gasteiger partial charge < -0.3 is 9.72 Å². The minimum atomic E-state index is -2.83. The van der Waals surface area contributed by atoms with Gasteiger partial charge in [0.05, 0.1) is 0 Å². The molecule has 1 heterocycles. The van der Waals surface area contributed by atoms with Gasteiger partial charge in [-0.3, -0.25) is 0 Å². The monoisotopic (exact) mass is 463 g/mol. The third-order valence-corrected chi connectivity index (χ3v) is 2.94. The van der Waals surface area contributed by atoms with Gasteiger partial charge in [-0.05, 0) is 22.5 Å². The Labute approximate surface area is 134 Å². The van der Waals surface area contributed by atoms with Gasteiger partial charge in [0.25, 0.3) is 0 Å². The molecule has 0 N–H and O–H groups in total. The molecular formula is C16H10F2IrNO-. The van der Waals surface area contributed by atoms with Crippen LogP contribution in [-0.2, 0) is 20.1 Å². The van der Waals surface area contributed by atoms with Gasteiger partial charge >= 0.3 is 6.61 Å². The van der Waals surface area contributed by atoms with E-state index in [-0.39, 0.29) is 25.9 Å². The summed E-state index contributed by atoms with van der Waals surface area (Å²) in [6.45, 7) is -2.83. The van der Waals surface area contributed by atoms with E-state index in [0.717, 1.165) is 22.0 Å². The normalized spacial score (nSPS) is 10.4. The summed E-state index contributed by atoms with van der Waals surface area (Å²) in [6, 6.07) is 17.3. The molecule has 3 rings (SSSR count). The van der Waals surface area contributed by atoms with Crippen LogP contribution in [0.2, 0.25) is 0 Å². The molecule has 0 atom stereocenters. The number of hydrogen-bond acceptors (Lipinski definition) is 2. The van der Waals surface area contributed by atoms with E-state index in [2.05, 4.69) is 15.8 Å². The van der Waals surface area contributed by atoms with Gasteiger partial charge in [0.2, 0.25) is 0 Å². The number of ether oxygens (including phenoxy) is 1. The van der Waals surface area contributed by atoms with Crippen LogP contribution in [0.5, 0.6) is 5.75 Å². The predicted molar refractivity (Wildman–Crippen MR) is 72.6 cm³/mol. The second-order valence-corrected chi connectivity index (χ2v) is 4.20.